The van der Waals surface area contributed by atoms with Crippen LogP contribution >= 0.6 is 12.6 Å². The number of H-pyrrole nitrogens is 1. The molecule has 2 atom stereocenters. The van der Waals surface area contributed by atoms with E-state index in [1.54, 1.807) is 17.2 Å². The van der Waals surface area contributed by atoms with Crippen LogP contribution in [0.25, 0.3) is 0 Å². The number of thiol groups is 1. The number of nitrogens with two attached hydrogens (primary N) is 1. The van der Waals surface area contributed by atoms with E-state index in [2.05, 4.69) is 27.7 Å². The van der Waals surface area contributed by atoms with E-state index < -0.39 is 24.3 Å². The minimum atomic E-state index is -4.39. The number of ether oxygens (including phenoxy) is 1. The first-order valence-electron chi connectivity index (χ1n) is 6.12. The Labute approximate surface area is 124 Å². The van der Waals surface area contributed by atoms with Gasteiger partial charge in [0, 0.05) is 12.7 Å². The Morgan fingerprint density at radius 3 is 2.86 bits per heavy atom. The lowest BCUT2D eigenvalue weighted by Gasteiger charge is -2.39. The van der Waals surface area contributed by atoms with Gasteiger partial charge in [-0.05, 0) is 6.07 Å². The first kappa shape index (κ1) is 16.0. The number of nitrogens with one attached hydrogen (secondary N) is 2. The Morgan fingerprint density at radius 2 is 2.24 bits per heavy atom. The predicted molar refractivity (Wildman–Crippen MR) is 73.2 cm³/mol. The van der Waals surface area contributed by atoms with Crippen LogP contribution in [-0.4, -0.2) is 48.4 Å². The molecule has 2 unspecified atom stereocenters. The Hall–Kier alpha value is -1.39. The first-order valence-corrected chi connectivity index (χ1v) is 6.64. The number of rotatable bonds is 5. The average Bonchev–Trinajstić information content (AvgIpc) is 2.84. The fourth-order valence-corrected chi connectivity index (χ4v) is 2.55. The maximum absolute atomic E-state index is 12.1. The second-order valence-corrected chi connectivity index (χ2v) is 5.00. The van der Waals surface area contributed by atoms with Gasteiger partial charge in [-0.3, -0.25) is 4.79 Å². The normalized spacial score (nSPS) is 20.1. The van der Waals surface area contributed by atoms with Crippen molar-refractivity contribution in [1.82, 2.24) is 10.3 Å². The minimum absolute atomic E-state index is 0.0510. The summed E-state index contributed by atoms with van der Waals surface area (Å²) in [6, 6.07) is 1.09. The van der Waals surface area contributed by atoms with Crippen molar-refractivity contribution >= 4 is 24.2 Å². The monoisotopic (exact) mass is 324 g/mol. The molecule has 4 N–H and O–H groups in total. The zero-order valence-electron chi connectivity index (χ0n) is 10.9. The van der Waals surface area contributed by atoms with Crippen molar-refractivity contribution in [2.75, 3.05) is 24.7 Å². The molecule has 1 amide bonds. The van der Waals surface area contributed by atoms with Crippen molar-refractivity contribution in [1.29, 1.82) is 0 Å². The molecule has 1 aromatic rings. The van der Waals surface area contributed by atoms with Gasteiger partial charge in [0.05, 0.1) is 18.3 Å². The highest BCUT2D eigenvalue weighted by Crippen LogP contribution is 2.28. The van der Waals surface area contributed by atoms with Gasteiger partial charge in [-0.25, -0.2) is 0 Å². The number of aromatic amines is 1. The zero-order valence-corrected chi connectivity index (χ0v) is 11.7. The van der Waals surface area contributed by atoms with Gasteiger partial charge in [-0.2, -0.15) is 13.2 Å². The van der Waals surface area contributed by atoms with Crippen LogP contribution in [-0.2, 0) is 4.74 Å². The third-order valence-electron chi connectivity index (χ3n) is 3.00. The van der Waals surface area contributed by atoms with Gasteiger partial charge in [0.25, 0.3) is 5.91 Å². The molecule has 0 saturated carbocycles. The van der Waals surface area contributed by atoms with Crippen LogP contribution in [0.4, 0.5) is 18.9 Å². The van der Waals surface area contributed by atoms with E-state index in [-0.39, 0.29) is 19.1 Å². The molecule has 0 spiro atoms. The van der Waals surface area contributed by atoms with Crippen LogP contribution < -0.4 is 16.0 Å². The Morgan fingerprint density at radius 1 is 1.52 bits per heavy atom. The summed E-state index contributed by atoms with van der Waals surface area (Å²) in [4.78, 5) is 16.1. The van der Waals surface area contributed by atoms with Crippen LogP contribution in [0.5, 0.6) is 0 Å². The lowest BCUT2D eigenvalue weighted by Crippen LogP contribution is -2.57. The number of alkyl halides is 3. The van der Waals surface area contributed by atoms with Gasteiger partial charge in [0.1, 0.15) is 17.8 Å². The molecule has 6 nitrogen and oxygen atoms in total. The average molecular weight is 324 g/mol. The lowest BCUT2D eigenvalue weighted by atomic mass is 10.2. The van der Waals surface area contributed by atoms with E-state index in [0.29, 0.717) is 11.4 Å². The van der Waals surface area contributed by atoms with Crippen LogP contribution in [0, 0.1) is 0 Å². The van der Waals surface area contributed by atoms with E-state index in [4.69, 9.17) is 5.73 Å². The maximum atomic E-state index is 12.1. The predicted octanol–water partition coefficient (Wildman–Crippen LogP) is 0.684. The van der Waals surface area contributed by atoms with Crippen LogP contribution in [0.1, 0.15) is 10.5 Å². The lowest BCUT2D eigenvalue weighted by molar-refractivity contribution is -0.174. The molecule has 10 heteroatoms. The zero-order chi connectivity index (χ0) is 15.6. The van der Waals surface area contributed by atoms with Gasteiger partial charge in [-0.1, -0.05) is 0 Å². The summed E-state index contributed by atoms with van der Waals surface area (Å²) in [7, 11) is 0. The molecule has 2 heterocycles. The highest BCUT2D eigenvalue weighted by molar-refractivity contribution is 7.81. The molecule has 0 fully saturated rings. The SMILES string of the molecule is NCC(COCC(F)(F)F)N1c2cc[nH]c2C(=O)NC1S. The van der Waals surface area contributed by atoms with Crippen LogP contribution in [0.3, 0.4) is 0 Å². The molecule has 1 aromatic heterocycles. The van der Waals surface area contributed by atoms with Gasteiger partial charge >= 0.3 is 6.18 Å². The van der Waals surface area contributed by atoms with Gasteiger partial charge < -0.3 is 25.7 Å². The summed E-state index contributed by atoms with van der Waals surface area (Å²) < 4.78 is 41.0. The van der Waals surface area contributed by atoms with E-state index >= 15 is 0 Å². The van der Waals surface area contributed by atoms with E-state index in [1.165, 1.54) is 0 Å². The topological polar surface area (TPSA) is 83.4 Å². The fourth-order valence-electron chi connectivity index (χ4n) is 2.12. The van der Waals surface area contributed by atoms with E-state index in [9.17, 15) is 18.0 Å². The molecule has 0 aromatic carbocycles. The summed E-state index contributed by atoms with van der Waals surface area (Å²) in [5.41, 5.74) is 5.77. The molecule has 0 aliphatic carbocycles. The quantitative estimate of drug-likeness (QED) is 0.601. The number of anilines is 1. The smallest absolute Gasteiger partial charge is 0.370 e. The minimum Gasteiger partial charge on any atom is -0.370 e. The Bertz CT molecular complexity index is 508. The number of nitrogens with zero attached hydrogens (tertiary/aromatic N) is 1. The summed E-state index contributed by atoms with van der Waals surface area (Å²) in [6.45, 7) is -1.52. The maximum Gasteiger partial charge on any atom is 0.411 e. The molecule has 1 aliphatic heterocycles. The first-order chi connectivity index (χ1) is 9.83. The number of hydrogen-bond acceptors (Lipinski definition) is 5. The van der Waals surface area contributed by atoms with Crippen molar-refractivity contribution < 1.29 is 22.7 Å². The number of fused-ring (bicyclic) bond motifs is 1. The Balaban J connectivity index is 2.11. The number of hydrogen-bond donors (Lipinski definition) is 4. The standard InChI is InChI=1S/C11H15F3N4O2S/c12-11(13,14)5-20-4-6(3-15)18-7-1-2-16-8(7)9(19)17-10(18)21/h1-2,6,10,16,21H,3-5,15H2,(H,17,19). The van der Waals surface area contributed by atoms with Gasteiger partial charge in [0.15, 0.2) is 0 Å². The van der Waals surface area contributed by atoms with Gasteiger partial charge in [-0.15, -0.1) is 12.6 Å². The fraction of sp³-hybridized carbons (Fsp3) is 0.545. The Kier molecular flexibility index (Phi) is 4.69. The molecule has 21 heavy (non-hydrogen) atoms. The van der Waals surface area contributed by atoms with Crippen molar-refractivity contribution in [3.63, 3.8) is 0 Å². The number of amides is 1. The molecule has 1 aliphatic rings. The summed E-state index contributed by atoms with van der Waals surface area (Å²) in [6.07, 6.45) is -2.83. The van der Waals surface area contributed by atoms with E-state index in [1.807, 2.05) is 0 Å². The molecular weight excluding hydrogens is 309 g/mol. The summed E-state index contributed by atoms with van der Waals surface area (Å²) in [5, 5.41) is 2.58. The van der Waals surface area contributed by atoms with Crippen LogP contribution in [0.2, 0.25) is 0 Å². The number of carbonyl (C=O) groups is 1. The number of halogens is 3. The molecule has 0 saturated heterocycles. The third kappa shape index (κ3) is 3.63. The second-order valence-electron chi connectivity index (χ2n) is 4.51. The molecule has 2 rings (SSSR count). The third-order valence-corrected chi connectivity index (χ3v) is 3.37. The highest BCUT2D eigenvalue weighted by Gasteiger charge is 2.35. The van der Waals surface area contributed by atoms with Crippen molar-refractivity contribution in [2.45, 2.75) is 17.7 Å². The number of carbonyl (C=O) groups excluding carboxylic acids is 1. The van der Waals surface area contributed by atoms with E-state index in [0.717, 1.165) is 0 Å². The molecule has 118 valence electrons. The summed E-state index contributed by atoms with van der Waals surface area (Å²) >= 11 is 4.23. The largest absolute Gasteiger partial charge is 0.411 e. The molecular formula is C11H15F3N4O2S. The van der Waals surface area contributed by atoms with Crippen molar-refractivity contribution in [2.24, 2.45) is 5.73 Å². The van der Waals surface area contributed by atoms with Crippen molar-refractivity contribution in [3.05, 3.63) is 18.0 Å². The molecule has 0 radical (unpaired) electrons. The second kappa shape index (κ2) is 6.16. The summed E-state index contributed by atoms with van der Waals surface area (Å²) in [5.74, 6) is -0.335. The highest BCUT2D eigenvalue weighted by atomic mass is 32.1. The van der Waals surface area contributed by atoms with Crippen LogP contribution in [0.15, 0.2) is 12.3 Å². The van der Waals surface area contributed by atoms with Crippen molar-refractivity contribution in [3.8, 4) is 0 Å². The van der Waals surface area contributed by atoms with Gasteiger partial charge in [0.2, 0.25) is 0 Å². The number of aromatic nitrogens is 1. The molecule has 0 bridgehead atoms.